The van der Waals surface area contributed by atoms with Crippen LogP contribution in [0.1, 0.15) is 12.5 Å². The lowest BCUT2D eigenvalue weighted by molar-refractivity contribution is -0.121. The number of benzene rings is 1. The van der Waals surface area contributed by atoms with Crippen molar-refractivity contribution in [2.45, 2.75) is 6.92 Å². The molecule has 0 aliphatic carbocycles. The number of carbonyl (C=O) groups excluding carboxylic acids is 1. The van der Waals surface area contributed by atoms with Crippen LogP contribution in [0.25, 0.3) is 6.08 Å². The fourth-order valence-corrected chi connectivity index (χ4v) is 3.40. The van der Waals surface area contributed by atoms with Crippen LogP contribution < -0.4 is 4.74 Å². The van der Waals surface area contributed by atoms with Gasteiger partial charge in [0.15, 0.2) is 16.7 Å². The first-order valence-corrected chi connectivity index (χ1v) is 8.17. The zero-order chi connectivity index (χ0) is 15.6. The smallest absolute Gasteiger partial charge is 0.266 e. The first-order valence-electron chi connectivity index (χ1n) is 6.27. The van der Waals surface area contributed by atoms with Crippen LogP contribution in [0.5, 0.6) is 11.5 Å². The maximum Gasteiger partial charge on any atom is 0.266 e. The quantitative estimate of drug-likeness (QED) is 0.606. The van der Waals surface area contributed by atoms with Gasteiger partial charge < -0.3 is 9.84 Å². The van der Waals surface area contributed by atoms with Gasteiger partial charge in [-0.15, -0.1) is 0 Å². The van der Waals surface area contributed by atoms with Crippen molar-refractivity contribution in [1.29, 1.82) is 0 Å². The number of rotatable bonds is 3. The molecule has 1 amide bonds. The highest BCUT2D eigenvalue weighted by Crippen LogP contribution is 2.36. The van der Waals surface area contributed by atoms with Crippen molar-refractivity contribution >= 4 is 51.5 Å². The summed E-state index contributed by atoms with van der Waals surface area (Å²) in [5, 5.41) is 10.6. The molecule has 1 saturated heterocycles. The van der Waals surface area contributed by atoms with Crippen LogP contribution in [0, 0.1) is 3.57 Å². The van der Waals surface area contributed by atoms with Crippen molar-refractivity contribution in [2.75, 3.05) is 20.7 Å². The SMILES string of the molecule is CCOc1cc(C=C2SC(=NC)N(C)C2=O)cc(I)c1O. The van der Waals surface area contributed by atoms with E-state index in [9.17, 15) is 9.90 Å². The zero-order valence-corrected chi connectivity index (χ0v) is 14.9. The summed E-state index contributed by atoms with van der Waals surface area (Å²) in [6.07, 6.45) is 1.78. The Bertz CT molecular complexity index is 643. The number of hydrogen-bond donors (Lipinski definition) is 1. The number of halogens is 1. The summed E-state index contributed by atoms with van der Waals surface area (Å²) in [4.78, 5) is 18.3. The number of amides is 1. The number of carbonyl (C=O) groups is 1. The molecule has 112 valence electrons. The third-order valence-electron chi connectivity index (χ3n) is 2.84. The number of phenols is 1. The summed E-state index contributed by atoms with van der Waals surface area (Å²) in [6, 6.07) is 3.53. The maximum atomic E-state index is 12.1. The molecule has 1 aliphatic heterocycles. The van der Waals surface area contributed by atoms with Crippen LogP contribution >= 0.6 is 34.4 Å². The molecule has 0 atom stereocenters. The molecule has 21 heavy (non-hydrogen) atoms. The Morgan fingerprint density at radius 3 is 2.81 bits per heavy atom. The molecule has 1 aromatic carbocycles. The summed E-state index contributed by atoms with van der Waals surface area (Å²) in [5.74, 6) is 0.462. The van der Waals surface area contributed by atoms with Gasteiger partial charge in [-0.05, 0) is 65.0 Å². The van der Waals surface area contributed by atoms with E-state index in [1.165, 1.54) is 16.7 Å². The molecule has 2 rings (SSSR count). The second-order valence-corrected chi connectivity index (χ2v) is 6.43. The molecule has 0 saturated carbocycles. The number of ether oxygens (including phenoxy) is 1. The fourth-order valence-electron chi connectivity index (χ4n) is 1.84. The van der Waals surface area contributed by atoms with E-state index in [-0.39, 0.29) is 11.7 Å². The Labute approximate surface area is 141 Å². The molecule has 1 aromatic rings. The summed E-state index contributed by atoms with van der Waals surface area (Å²) >= 11 is 3.37. The molecule has 1 fully saturated rings. The molecule has 0 bridgehead atoms. The third kappa shape index (κ3) is 3.34. The van der Waals surface area contributed by atoms with Crippen LogP contribution in [0.3, 0.4) is 0 Å². The number of hydrogen-bond acceptors (Lipinski definition) is 5. The molecule has 0 unspecified atom stereocenters. The molecule has 0 aromatic heterocycles. The predicted octanol–water partition coefficient (Wildman–Crippen LogP) is 2.93. The number of thioether (sulfide) groups is 1. The average molecular weight is 418 g/mol. The van der Waals surface area contributed by atoms with Crippen molar-refractivity contribution < 1.29 is 14.6 Å². The van der Waals surface area contributed by atoms with E-state index < -0.39 is 0 Å². The second kappa shape index (κ2) is 6.69. The number of phenolic OH excluding ortho intramolecular Hbond substituents is 1. The van der Waals surface area contributed by atoms with Crippen molar-refractivity contribution in [3.05, 3.63) is 26.2 Å². The van der Waals surface area contributed by atoms with E-state index >= 15 is 0 Å². The summed E-state index contributed by atoms with van der Waals surface area (Å²) in [6.45, 7) is 2.32. The number of likely N-dealkylation sites (N-methyl/N-ethyl adjacent to an activating group) is 1. The Kier molecular flexibility index (Phi) is 5.15. The number of amidine groups is 1. The van der Waals surface area contributed by atoms with Gasteiger partial charge in [0, 0.05) is 14.1 Å². The minimum absolute atomic E-state index is 0.0818. The van der Waals surface area contributed by atoms with Crippen LogP contribution in [0.2, 0.25) is 0 Å². The zero-order valence-electron chi connectivity index (χ0n) is 11.9. The van der Waals surface area contributed by atoms with E-state index in [4.69, 9.17) is 4.74 Å². The fraction of sp³-hybridized carbons (Fsp3) is 0.286. The molecule has 1 aliphatic rings. The van der Waals surface area contributed by atoms with Crippen molar-refractivity contribution in [3.8, 4) is 11.5 Å². The van der Waals surface area contributed by atoms with Crippen LogP contribution in [-0.4, -0.2) is 41.8 Å². The van der Waals surface area contributed by atoms with E-state index in [2.05, 4.69) is 4.99 Å². The van der Waals surface area contributed by atoms with E-state index in [0.717, 1.165) is 5.56 Å². The maximum absolute atomic E-state index is 12.1. The molecular formula is C14H15IN2O3S. The minimum Gasteiger partial charge on any atom is -0.504 e. The largest absolute Gasteiger partial charge is 0.504 e. The highest BCUT2D eigenvalue weighted by molar-refractivity contribution is 14.1. The van der Waals surface area contributed by atoms with E-state index in [1.807, 2.05) is 29.5 Å². The topological polar surface area (TPSA) is 62.1 Å². The van der Waals surface area contributed by atoms with Gasteiger partial charge in [0.2, 0.25) is 0 Å². The van der Waals surface area contributed by atoms with Gasteiger partial charge in [-0.1, -0.05) is 0 Å². The number of nitrogens with zero attached hydrogens (tertiary/aromatic N) is 2. The predicted molar refractivity (Wildman–Crippen MR) is 93.7 cm³/mol. The Morgan fingerprint density at radius 1 is 1.52 bits per heavy atom. The normalized spacial score (nSPS) is 18.9. The minimum atomic E-state index is -0.0818. The monoisotopic (exact) mass is 418 g/mol. The second-order valence-electron chi connectivity index (χ2n) is 4.26. The van der Waals surface area contributed by atoms with Gasteiger partial charge >= 0.3 is 0 Å². The first kappa shape index (κ1) is 16.2. The van der Waals surface area contributed by atoms with Crippen LogP contribution in [0.15, 0.2) is 22.0 Å². The Balaban J connectivity index is 2.40. The van der Waals surface area contributed by atoms with Crippen LogP contribution in [0.4, 0.5) is 0 Å². The Morgan fingerprint density at radius 2 is 2.24 bits per heavy atom. The number of aromatic hydroxyl groups is 1. The van der Waals surface area contributed by atoms with Gasteiger partial charge in [-0.25, -0.2) is 0 Å². The molecule has 0 spiro atoms. The molecule has 1 N–H and O–H groups in total. The van der Waals surface area contributed by atoms with Gasteiger partial charge in [0.05, 0.1) is 15.1 Å². The summed E-state index contributed by atoms with van der Waals surface area (Å²) < 4.78 is 6.08. The highest BCUT2D eigenvalue weighted by Gasteiger charge is 2.29. The van der Waals surface area contributed by atoms with E-state index in [0.29, 0.717) is 26.0 Å². The van der Waals surface area contributed by atoms with Crippen molar-refractivity contribution in [2.24, 2.45) is 4.99 Å². The lowest BCUT2D eigenvalue weighted by Gasteiger charge is -2.09. The molecule has 0 radical (unpaired) electrons. The Hall–Kier alpha value is -1.22. The lowest BCUT2D eigenvalue weighted by Crippen LogP contribution is -2.23. The van der Waals surface area contributed by atoms with Gasteiger partial charge in [0.1, 0.15) is 0 Å². The highest BCUT2D eigenvalue weighted by atomic mass is 127. The molecule has 7 heteroatoms. The van der Waals surface area contributed by atoms with Gasteiger partial charge in [-0.2, -0.15) is 0 Å². The van der Waals surface area contributed by atoms with Gasteiger partial charge in [0.25, 0.3) is 5.91 Å². The summed E-state index contributed by atoms with van der Waals surface area (Å²) in [7, 11) is 3.36. The summed E-state index contributed by atoms with van der Waals surface area (Å²) in [5.41, 5.74) is 0.808. The molecule has 1 heterocycles. The van der Waals surface area contributed by atoms with Crippen molar-refractivity contribution in [1.82, 2.24) is 4.90 Å². The van der Waals surface area contributed by atoms with E-state index in [1.54, 1.807) is 32.3 Å². The first-order chi connectivity index (χ1) is 9.97. The lowest BCUT2D eigenvalue weighted by atomic mass is 10.2. The number of aliphatic imine (C=N–C) groups is 1. The molecular weight excluding hydrogens is 403 g/mol. The molecule has 5 nitrogen and oxygen atoms in total. The van der Waals surface area contributed by atoms with Crippen LogP contribution in [-0.2, 0) is 4.79 Å². The average Bonchev–Trinajstić information content (AvgIpc) is 2.72. The third-order valence-corrected chi connectivity index (χ3v) is 4.82. The van der Waals surface area contributed by atoms with Gasteiger partial charge in [-0.3, -0.25) is 14.7 Å². The standard InChI is InChI=1S/C14H15IN2O3S/c1-4-20-10-6-8(5-9(15)12(10)18)7-11-13(19)17(3)14(16-2)21-11/h5-7,18H,4H2,1-3H3. The van der Waals surface area contributed by atoms with Crippen molar-refractivity contribution in [3.63, 3.8) is 0 Å².